The third-order valence-electron chi connectivity index (χ3n) is 2.41. The van der Waals surface area contributed by atoms with Crippen molar-refractivity contribution in [3.8, 4) is 11.5 Å². The second-order valence-corrected chi connectivity index (χ2v) is 6.50. The second-order valence-electron chi connectivity index (χ2n) is 3.60. The third-order valence-corrected chi connectivity index (χ3v) is 3.57. The number of aryl methyl sites for hydroxylation is 2. The van der Waals surface area contributed by atoms with Crippen molar-refractivity contribution < 1.29 is 17.9 Å². The monoisotopic (exact) mass is 278 g/mol. The molecule has 0 unspecified atom stereocenters. The van der Waals surface area contributed by atoms with Crippen molar-refractivity contribution in [1.82, 2.24) is 0 Å². The van der Waals surface area contributed by atoms with Crippen molar-refractivity contribution in [2.24, 2.45) is 0 Å². The van der Waals surface area contributed by atoms with Gasteiger partial charge < -0.3 is 9.47 Å². The highest BCUT2D eigenvalue weighted by Gasteiger charge is 2.14. The molecule has 0 aliphatic heterocycles. The number of rotatable bonds is 5. The van der Waals surface area contributed by atoms with Gasteiger partial charge in [-0.25, -0.2) is 8.42 Å². The first-order valence-corrected chi connectivity index (χ1v) is 7.49. The second kappa shape index (κ2) is 5.60. The van der Waals surface area contributed by atoms with E-state index in [1.165, 1.54) is 7.11 Å². The molecule has 0 saturated heterocycles. The van der Waals surface area contributed by atoms with Crippen LogP contribution in [0.1, 0.15) is 11.1 Å². The van der Waals surface area contributed by atoms with Crippen LogP contribution < -0.4 is 9.47 Å². The molecular formula is C11H15ClO4S. The third kappa shape index (κ3) is 3.78. The molecule has 1 aromatic carbocycles. The highest BCUT2D eigenvalue weighted by molar-refractivity contribution is 8.13. The maximum absolute atomic E-state index is 10.9. The van der Waals surface area contributed by atoms with Gasteiger partial charge in [-0.15, -0.1) is 0 Å². The van der Waals surface area contributed by atoms with Crippen LogP contribution in [0.4, 0.5) is 0 Å². The zero-order valence-corrected chi connectivity index (χ0v) is 11.6. The standard InChI is InChI=1S/C11H15ClO4S/c1-8-4-5-9(6-7-17(12,13)14)11(16-3)10(8)15-2/h4-5H,6-7H2,1-3H3. The van der Waals surface area contributed by atoms with Crippen LogP contribution in [0.3, 0.4) is 0 Å². The van der Waals surface area contributed by atoms with E-state index in [9.17, 15) is 8.42 Å². The van der Waals surface area contributed by atoms with Crippen LogP contribution in [-0.4, -0.2) is 28.4 Å². The Morgan fingerprint density at radius 1 is 1.18 bits per heavy atom. The Labute approximate surface area is 106 Å². The molecule has 1 rings (SSSR count). The molecule has 0 atom stereocenters. The van der Waals surface area contributed by atoms with Crippen molar-refractivity contribution in [3.63, 3.8) is 0 Å². The first kappa shape index (κ1) is 14.1. The summed E-state index contributed by atoms with van der Waals surface area (Å²) < 4.78 is 32.3. The van der Waals surface area contributed by atoms with Crippen molar-refractivity contribution in [2.75, 3.05) is 20.0 Å². The molecule has 96 valence electrons. The van der Waals surface area contributed by atoms with Crippen molar-refractivity contribution in [3.05, 3.63) is 23.3 Å². The number of benzene rings is 1. The van der Waals surface area contributed by atoms with E-state index >= 15 is 0 Å². The lowest BCUT2D eigenvalue weighted by Gasteiger charge is -2.14. The van der Waals surface area contributed by atoms with Gasteiger partial charge in [0.05, 0.1) is 20.0 Å². The summed E-state index contributed by atoms with van der Waals surface area (Å²) in [6.07, 6.45) is 0.297. The summed E-state index contributed by atoms with van der Waals surface area (Å²) in [5.74, 6) is 1.06. The molecule has 0 aliphatic rings. The van der Waals surface area contributed by atoms with E-state index < -0.39 is 9.05 Å². The Kier molecular flexibility index (Phi) is 4.65. The van der Waals surface area contributed by atoms with E-state index in [0.717, 1.165) is 11.1 Å². The van der Waals surface area contributed by atoms with E-state index in [1.807, 2.05) is 19.1 Å². The highest BCUT2D eigenvalue weighted by atomic mass is 35.7. The van der Waals surface area contributed by atoms with Crippen molar-refractivity contribution >= 4 is 19.7 Å². The van der Waals surface area contributed by atoms with Crippen LogP contribution in [0.25, 0.3) is 0 Å². The lowest BCUT2D eigenvalue weighted by atomic mass is 10.1. The zero-order valence-electron chi connectivity index (χ0n) is 9.99. The molecule has 4 nitrogen and oxygen atoms in total. The molecule has 0 heterocycles. The minimum Gasteiger partial charge on any atom is -0.493 e. The zero-order chi connectivity index (χ0) is 13.1. The molecule has 17 heavy (non-hydrogen) atoms. The Bertz CT molecular complexity index is 496. The average molecular weight is 279 g/mol. The van der Waals surface area contributed by atoms with Crippen molar-refractivity contribution in [1.29, 1.82) is 0 Å². The molecular weight excluding hydrogens is 264 g/mol. The smallest absolute Gasteiger partial charge is 0.232 e. The summed E-state index contributed by atoms with van der Waals surface area (Å²) >= 11 is 0. The first-order chi connectivity index (χ1) is 7.89. The predicted octanol–water partition coefficient (Wildman–Crippen LogP) is 2.12. The molecule has 0 aromatic heterocycles. The van der Waals surface area contributed by atoms with Gasteiger partial charge in [0, 0.05) is 10.7 Å². The predicted molar refractivity (Wildman–Crippen MR) is 67.6 cm³/mol. The Balaban J connectivity index is 3.08. The van der Waals surface area contributed by atoms with Gasteiger partial charge in [-0.1, -0.05) is 12.1 Å². The number of halogens is 1. The fourth-order valence-corrected chi connectivity index (χ4v) is 2.30. The maximum atomic E-state index is 10.9. The number of ether oxygens (including phenoxy) is 2. The molecule has 0 bridgehead atoms. The molecule has 0 aliphatic carbocycles. The van der Waals surface area contributed by atoms with E-state index in [0.29, 0.717) is 17.9 Å². The van der Waals surface area contributed by atoms with E-state index in [4.69, 9.17) is 20.2 Å². The maximum Gasteiger partial charge on any atom is 0.232 e. The first-order valence-electron chi connectivity index (χ1n) is 5.02. The van der Waals surface area contributed by atoms with E-state index in [1.54, 1.807) is 7.11 Å². The largest absolute Gasteiger partial charge is 0.493 e. The average Bonchev–Trinajstić information content (AvgIpc) is 2.25. The van der Waals surface area contributed by atoms with Crippen LogP contribution in [0, 0.1) is 6.92 Å². The Morgan fingerprint density at radius 2 is 1.76 bits per heavy atom. The summed E-state index contributed by atoms with van der Waals surface area (Å²) in [5, 5.41) is 0. The summed E-state index contributed by atoms with van der Waals surface area (Å²) in [4.78, 5) is 0. The Hall–Kier alpha value is -0.940. The van der Waals surface area contributed by atoms with E-state index in [2.05, 4.69) is 0 Å². The minimum absolute atomic E-state index is 0.128. The molecule has 0 radical (unpaired) electrons. The molecule has 0 spiro atoms. The van der Waals surface area contributed by atoms with Gasteiger partial charge >= 0.3 is 0 Å². The number of hydrogen-bond donors (Lipinski definition) is 0. The number of hydrogen-bond acceptors (Lipinski definition) is 4. The van der Waals surface area contributed by atoms with Gasteiger partial charge in [0.25, 0.3) is 0 Å². The summed E-state index contributed by atoms with van der Waals surface area (Å²) in [6, 6.07) is 3.68. The molecule has 0 amide bonds. The van der Waals surface area contributed by atoms with Gasteiger partial charge in [-0.05, 0) is 24.5 Å². The van der Waals surface area contributed by atoms with Crippen LogP contribution >= 0.6 is 10.7 Å². The molecule has 0 saturated carbocycles. The number of methoxy groups -OCH3 is 2. The van der Waals surface area contributed by atoms with Crippen LogP contribution in [0.5, 0.6) is 11.5 Å². The molecule has 0 fully saturated rings. The van der Waals surface area contributed by atoms with Crippen molar-refractivity contribution in [2.45, 2.75) is 13.3 Å². The minimum atomic E-state index is -3.50. The van der Waals surface area contributed by atoms with Crippen LogP contribution in [0.2, 0.25) is 0 Å². The van der Waals surface area contributed by atoms with Gasteiger partial charge in [0.15, 0.2) is 11.5 Å². The summed E-state index contributed by atoms with van der Waals surface area (Å²) in [7, 11) is 4.75. The lowest BCUT2D eigenvalue weighted by Crippen LogP contribution is -2.04. The SMILES string of the molecule is COc1c(C)ccc(CCS(=O)(=O)Cl)c1OC. The van der Waals surface area contributed by atoms with Gasteiger partial charge in [-0.2, -0.15) is 0 Å². The molecule has 0 N–H and O–H groups in total. The van der Waals surface area contributed by atoms with Crippen LogP contribution in [-0.2, 0) is 15.5 Å². The summed E-state index contributed by atoms with van der Waals surface area (Å²) in [6.45, 7) is 1.89. The van der Waals surface area contributed by atoms with Crippen LogP contribution in [0.15, 0.2) is 12.1 Å². The van der Waals surface area contributed by atoms with Gasteiger partial charge in [0.1, 0.15) is 0 Å². The molecule has 6 heteroatoms. The van der Waals surface area contributed by atoms with Gasteiger partial charge in [0.2, 0.25) is 9.05 Å². The fraction of sp³-hybridized carbons (Fsp3) is 0.455. The molecule has 1 aromatic rings. The Morgan fingerprint density at radius 3 is 2.24 bits per heavy atom. The quantitative estimate of drug-likeness (QED) is 0.774. The topological polar surface area (TPSA) is 52.6 Å². The highest BCUT2D eigenvalue weighted by Crippen LogP contribution is 2.34. The lowest BCUT2D eigenvalue weighted by molar-refractivity contribution is 0.350. The summed E-state index contributed by atoms with van der Waals surface area (Å²) in [5.41, 5.74) is 1.70. The normalized spacial score (nSPS) is 11.3. The van der Waals surface area contributed by atoms with E-state index in [-0.39, 0.29) is 5.75 Å². The fourth-order valence-electron chi connectivity index (χ4n) is 1.61. The van der Waals surface area contributed by atoms with Gasteiger partial charge in [-0.3, -0.25) is 0 Å².